The lowest BCUT2D eigenvalue weighted by Gasteiger charge is -2.09. The van der Waals surface area contributed by atoms with E-state index in [0.717, 1.165) is 16.9 Å². The molecule has 0 saturated carbocycles. The van der Waals surface area contributed by atoms with Gasteiger partial charge in [-0.25, -0.2) is 0 Å². The molecule has 0 atom stereocenters. The highest BCUT2D eigenvalue weighted by atomic mass is 16.5. The molecule has 0 aliphatic rings. The summed E-state index contributed by atoms with van der Waals surface area (Å²) in [5.74, 6) is 0.296. The van der Waals surface area contributed by atoms with Gasteiger partial charge in [0.25, 0.3) is 0 Å². The van der Waals surface area contributed by atoms with Crippen molar-refractivity contribution in [3.8, 4) is 11.8 Å². The Balaban J connectivity index is 2.53. The highest BCUT2D eigenvalue weighted by Gasteiger charge is 2.01. The van der Waals surface area contributed by atoms with E-state index >= 15 is 0 Å². The zero-order valence-electron chi connectivity index (χ0n) is 10.1. The SMILES string of the molecule is CCOc1ccc(CCNC(=O)C#N)cc1C. The Kier molecular flexibility index (Phi) is 5.02. The minimum atomic E-state index is -0.590. The fraction of sp³-hybridized carbons (Fsp3) is 0.385. The number of amides is 1. The van der Waals surface area contributed by atoms with Crippen LogP contribution in [0.1, 0.15) is 18.1 Å². The van der Waals surface area contributed by atoms with E-state index in [9.17, 15) is 4.79 Å². The number of rotatable bonds is 5. The predicted octanol–water partition coefficient (Wildman–Crippen LogP) is 1.58. The van der Waals surface area contributed by atoms with E-state index < -0.39 is 5.91 Å². The van der Waals surface area contributed by atoms with Crippen molar-refractivity contribution in [1.29, 1.82) is 5.26 Å². The third-order valence-corrected chi connectivity index (χ3v) is 2.34. The van der Waals surface area contributed by atoms with Crippen molar-refractivity contribution < 1.29 is 9.53 Å². The van der Waals surface area contributed by atoms with Crippen molar-refractivity contribution in [2.45, 2.75) is 20.3 Å². The van der Waals surface area contributed by atoms with Gasteiger partial charge in [-0.3, -0.25) is 4.79 Å². The summed E-state index contributed by atoms with van der Waals surface area (Å²) in [4.78, 5) is 10.7. The first-order valence-corrected chi connectivity index (χ1v) is 5.57. The maximum atomic E-state index is 10.7. The molecule has 0 aromatic heterocycles. The van der Waals surface area contributed by atoms with Gasteiger partial charge in [-0.1, -0.05) is 12.1 Å². The first-order valence-electron chi connectivity index (χ1n) is 5.57. The second-order valence-electron chi connectivity index (χ2n) is 3.65. The number of hydrogen-bond acceptors (Lipinski definition) is 3. The molecular weight excluding hydrogens is 216 g/mol. The fourth-order valence-corrected chi connectivity index (χ4v) is 1.54. The smallest absolute Gasteiger partial charge is 0.322 e. The van der Waals surface area contributed by atoms with Crippen molar-refractivity contribution in [2.75, 3.05) is 13.2 Å². The summed E-state index contributed by atoms with van der Waals surface area (Å²) in [5.41, 5.74) is 2.19. The number of hydrogen-bond donors (Lipinski definition) is 1. The summed E-state index contributed by atoms with van der Waals surface area (Å²) >= 11 is 0. The van der Waals surface area contributed by atoms with Crippen LogP contribution in [0.4, 0.5) is 0 Å². The first-order chi connectivity index (χ1) is 8.17. The summed E-state index contributed by atoms with van der Waals surface area (Å²) in [5, 5.41) is 10.8. The molecule has 1 rings (SSSR count). The van der Waals surface area contributed by atoms with Gasteiger partial charge >= 0.3 is 5.91 Å². The lowest BCUT2D eigenvalue weighted by Crippen LogP contribution is -2.23. The van der Waals surface area contributed by atoms with Crippen LogP contribution in [0.3, 0.4) is 0 Å². The molecule has 0 fully saturated rings. The number of nitrogens with zero attached hydrogens (tertiary/aromatic N) is 1. The lowest BCUT2D eigenvalue weighted by atomic mass is 10.1. The fourth-order valence-electron chi connectivity index (χ4n) is 1.54. The molecular formula is C13H16N2O2. The molecule has 0 aliphatic carbocycles. The van der Waals surface area contributed by atoms with Crippen LogP contribution in [0.25, 0.3) is 0 Å². The van der Waals surface area contributed by atoms with Gasteiger partial charge in [-0.05, 0) is 37.5 Å². The molecule has 17 heavy (non-hydrogen) atoms. The van der Waals surface area contributed by atoms with E-state index in [1.54, 1.807) is 0 Å². The molecule has 1 aromatic carbocycles. The molecule has 4 heteroatoms. The molecule has 90 valence electrons. The molecule has 0 radical (unpaired) electrons. The number of aryl methyl sites for hydroxylation is 1. The Labute approximate surface area is 101 Å². The minimum absolute atomic E-state index is 0.472. The molecule has 1 aromatic rings. The summed E-state index contributed by atoms with van der Waals surface area (Å²) in [6.07, 6.45) is 0.709. The van der Waals surface area contributed by atoms with Crippen LogP contribution in [0.2, 0.25) is 0 Å². The van der Waals surface area contributed by atoms with Crippen molar-refractivity contribution >= 4 is 5.91 Å². The Morgan fingerprint density at radius 2 is 2.29 bits per heavy atom. The van der Waals surface area contributed by atoms with E-state index in [1.165, 1.54) is 6.07 Å². The molecule has 1 amide bonds. The molecule has 0 bridgehead atoms. The van der Waals surface area contributed by atoms with Crippen molar-refractivity contribution in [3.63, 3.8) is 0 Å². The summed E-state index contributed by atoms with van der Waals surface area (Å²) in [7, 11) is 0. The summed E-state index contributed by atoms with van der Waals surface area (Å²) in [6.45, 7) is 5.06. The normalized spacial score (nSPS) is 9.47. The topological polar surface area (TPSA) is 62.1 Å². The average molecular weight is 232 g/mol. The van der Waals surface area contributed by atoms with Gasteiger partial charge in [0.2, 0.25) is 0 Å². The summed E-state index contributed by atoms with van der Waals surface area (Å²) in [6, 6.07) is 7.45. The quantitative estimate of drug-likeness (QED) is 0.784. The molecule has 4 nitrogen and oxygen atoms in total. The highest BCUT2D eigenvalue weighted by Crippen LogP contribution is 2.19. The van der Waals surface area contributed by atoms with Crippen LogP contribution >= 0.6 is 0 Å². The van der Waals surface area contributed by atoms with Gasteiger partial charge in [0.15, 0.2) is 6.07 Å². The molecule has 0 aliphatic heterocycles. The number of carbonyl (C=O) groups excluding carboxylic acids is 1. The maximum Gasteiger partial charge on any atom is 0.322 e. The lowest BCUT2D eigenvalue weighted by molar-refractivity contribution is -0.115. The van der Waals surface area contributed by atoms with Gasteiger partial charge in [-0.15, -0.1) is 0 Å². The molecule has 1 N–H and O–H groups in total. The molecule has 0 unspecified atom stereocenters. The number of nitriles is 1. The maximum absolute atomic E-state index is 10.7. The van der Waals surface area contributed by atoms with Gasteiger partial charge in [-0.2, -0.15) is 5.26 Å². The van der Waals surface area contributed by atoms with Gasteiger partial charge in [0, 0.05) is 6.54 Å². The zero-order chi connectivity index (χ0) is 12.7. The van der Waals surface area contributed by atoms with Crippen LogP contribution < -0.4 is 10.1 Å². The minimum Gasteiger partial charge on any atom is -0.494 e. The predicted molar refractivity (Wildman–Crippen MR) is 64.7 cm³/mol. The third kappa shape index (κ3) is 4.15. The van der Waals surface area contributed by atoms with E-state index in [2.05, 4.69) is 5.32 Å². The number of ether oxygens (including phenoxy) is 1. The van der Waals surface area contributed by atoms with Crippen LogP contribution in [-0.4, -0.2) is 19.1 Å². The van der Waals surface area contributed by atoms with Crippen LogP contribution in [0.5, 0.6) is 5.75 Å². The van der Waals surface area contributed by atoms with Crippen molar-refractivity contribution in [2.24, 2.45) is 0 Å². The van der Waals surface area contributed by atoms with Crippen LogP contribution in [-0.2, 0) is 11.2 Å². The van der Waals surface area contributed by atoms with E-state index in [1.807, 2.05) is 32.0 Å². The largest absolute Gasteiger partial charge is 0.494 e. The Morgan fingerprint density at radius 3 is 2.88 bits per heavy atom. The third-order valence-electron chi connectivity index (χ3n) is 2.34. The highest BCUT2D eigenvalue weighted by molar-refractivity contribution is 5.91. The van der Waals surface area contributed by atoms with Gasteiger partial charge in [0.05, 0.1) is 6.61 Å². The molecule has 0 heterocycles. The second-order valence-corrected chi connectivity index (χ2v) is 3.65. The van der Waals surface area contributed by atoms with E-state index in [-0.39, 0.29) is 0 Å². The number of benzene rings is 1. The van der Waals surface area contributed by atoms with E-state index in [4.69, 9.17) is 10.00 Å². The molecule has 0 saturated heterocycles. The monoisotopic (exact) mass is 232 g/mol. The standard InChI is InChI=1S/C13H16N2O2/c1-3-17-12-5-4-11(8-10(12)2)6-7-15-13(16)9-14/h4-5,8H,3,6-7H2,1-2H3,(H,15,16). The Morgan fingerprint density at radius 1 is 1.53 bits per heavy atom. The Hall–Kier alpha value is -2.02. The van der Waals surface area contributed by atoms with E-state index in [0.29, 0.717) is 19.6 Å². The van der Waals surface area contributed by atoms with Crippen molar-refractivity contribution in [3.05, 3.63) is 29.3 Å². The average Bonchev–Trinajstić information content (AvgIpc) is 2.32. The zero-order valence-corrected chi connectivity index (χ0v) is 10.1. The van der Waals surface area contributed by atoms with Gasteiger partial charge < -0.3 is 10.1 Å². The van der Waals surface area contributed by atoms with Crippen LogP contribution in [0, 0.1) is 18.3 Å². The summed E-state index contributed by atoms with van der Waals surface area (Å²) < 4.78 is 5.44. The van der Waals surface area contributed by atoms with Gasteiger partial charge in [0.1, 0.15) is 5.75 Å². The van der Waals surface area contributed by atoms with Crippen molar-refractivity contribution in [1.82, 2.24) is 5.32 Å². The number of nitrogens with one attached hydrogen (secondary N) is 1. The molecule has 0 spiro atoms. The number of carbonyl (C=O) groups is 1. The van der Waals surface area contributed by atoms with Crippen LogP contribution in [0.15, 0.2) is 18.2 Å². The second kappa shape index (κ2) is 6.54. The Bertz CT molecular complexity index is 436. The first kappa shape index (κ1) is 13.0.